The largest absolute Gasteiger partial charge is 0.399 e. The molecule has 1 heterocycles. The van der Waals surface area contributed by atoms with Crippen LogP contribution in [0.5, 0.6) is 0 Å². The first kappa shape index (κ1) is 13.5. The number of nitrogens with two attached hydrogens (primary N) is 1. The average molecular weight is 286 g/mol. The SMILES string of the molecule is Cc1cc(N2CCSCC2S(C)(=O)=O)ccc1N. The maximum absolute atomic E-state index is 11.8. The lowest BCUT2D eigenvalue weighted by atomic mass is 10.1. The molecule has 4 nitrogen and oxygen atoms in total. The van der Waals surface area contributed by atoms with Crippen molar-refractivity contribution in [1.29, 1.82) is 0 Å². The third-order valence-electron chi connectivity index (χ3n) is 3.16. The van der Waals surface area contributed by atoms with E-state index >= 15 is 0 Å². The van der Waals surface area contributed by atoms with E-state index in [1.807, 2.05) is 30.0 Å². The lowest BCUT2D eigenvalue weighted by Crippen LogP contribution is -2.47. The number of thioether (sulfide) groups is 1. The van der Waals surface area contributed by atoms with Gasteiger partial charge in [-0.15, -0.1) is 0 Å². The van der Waals surface area contributed by atoms with Gasteiger partial charge in [-0.25, -0.2) is 8.42 Å². The van der Waals surface area contributed by atoms with Gasteiger partial charge in [-0.3, -0.25) is 0 Å². The molecule has 1 unspecified atom stereocenters. The van der Waals surface area contributed by atoms with Crippen molar-refractivity contribution >= 4 is 33.0 Å². The van der Waals surface area contributed by atoms with Gasteiger partial charge in [0.25, 0.3) is 0 Å². The first-order chi connectivity index (χ1) is 8.39. The monoisotopic (exact) mass is 286 g/mol. The second-order valence-corrected chi connectivity index (χ2v) is 7.95. The highest BCUT2D eigenvalue weighted by atomic mass is 32.2. The van der Waals surface area contributed by atoms with Crippen molar-refractivity contribution in [3.63, 3.8) is 0 Å². The molecule has 2 N–H and O–H groups in total. The number of hydrogen-bond acceptors (Lipinski definition) is 5. The number of rotatable bonds is 2. The van der Waals surface area contributed by atoms with Gasteiger partial charge >= 0.3 is 0 Å². The van der Waals surface area contributed by atoms with Gasteiger partial charge < -0.3 is 10.6 Å². The minimum atomic E-state index is -3.07. The fraction of sp³-hybridized carbons (Fsp3) is 0.500. The summed E-state index contributed by atoms with van der Waals surface area (Å²) < 4.78 is 23.7. The Morgan fingerprint density at radius 1 is 1.44 bits per heavy atom. The van der Waals surface area contributed by atoms with Gasteiger partial charge in [0.15, 0.2) is 9.84 Å². The Kier molecular flexibility index (Phi) is 3.77. The number of benzene rings is 1. The van der Waals surface area contributed by atoms with E-state index in [9.17, 15) is 8.42 Å². The molecular formula is C12H18N2O2S2. The molecule has 1 fully saturated rings. The van der Waals surface area contributed by atoms with E-state index in [0.717, 1.165) is 29.2 Å². The summed E-state index contributed by atoms with van der Waals surface area (Å²) in [5.74, 6) is 1.58. The highest BCUT2D eigenvalue weighted by molar-refractivity contribution is 8.01. The zero-order valence-corrected chi connectivity index (χ0v) is 12.2. The molecule has 100 valence electrons. The first-order valence-corrected chi connectivity index (χ1v) is 8.90. The maximum Gasteiger partial charge on any atom is 0.169 e. The second kappa shape index (κ2) is 5.01. The fourth-order valence-electron chi connectivity index (χ4n) is 2.07. The van der Waals surface area contributed by atoms with Gasteiger partial charge in [-0.1, -0.05) is 0 Å². The predicted octanol–water partition coefficient (Wildman–Crippen LogP) is 1.50. The predicted molar refractivity (Wildman–Crippen MR) is 78.9 cm³/mol. The Hall–Kier alpha value is -0.880. The number of aryl methyl sites for hydroxylation is 1. The van der Waals surface area contributed by atoms with Gasteiger partial charge in [-0.2, -0.15) is 11.8 Å². The van der Waals surface area contributed by atoms with Crippen LogP contribution in [0.4, 0.5) is 11.4 Å². The van der Waals surface area contributed by atoms with Crippen molar-refractivity contribution in [1.82, 2.24) is 0 Å². The van der Waals surface area contributed by atoms with Crippen molar-refractivity contribution < 1.29 is 8.42 Å². The third-order valence-corrected chi connectivity index (χ3v) is 5.81. The molecule has 18 heavy (non-hydrogen) atoms. The third kappa shape index (κ3) is 2.75. The quantitative estimate of drug-likeness (QED) is 0.835. The fourth-order valence-corrected chi connectivity index (χ4v) is 4.91. The highest BCUT2D eigenvalue weighted by Crippen LogP contribution is 2.28. The van der Waals surface area contributed by atoms with E-state index in [1.165, 1.54) is 6.26 Å². The van der Waals surface area contributed by atoms with E-state index < -0.39 is 15.2 Å². The Morgan fingerprint density at radius 3 is 2.78 bits per heavy atom. The molecule has 1 saturated heterocycles. The summed E-state index contributed by atoms with van der Waals surface area (Å²) in [6, 6.07) is 5.70. The first-order valence-electron chi connectivity index (χ1n) is 5.79. The summed E-state index contributed by atoms with van der Waals surface area (Å²) in [7, 11) is -3.07. The topological polar surface area (TPSA) is 63.4 Å². The van der Waals surface area contributed by atoms with Crippen molar-refractivity contribution in [2.75, 3.05) is 34.9 Å². The van der Waals surface area contributed by atoms with Gasteiger partial charge in [0, 0.05) is 35.7 Å². The van der Waals surface area contributed by atoms with Crippen LogP contribution in [0, 0.1) is 6.92 Å². The summed E-state index contributed by atoms with van der Waals surface area (Å²) in [5, 5.41) is -0.431. The van der Waals surface area contributed by atoms with Crippen LogP contribution in [-0.4, -0.2) is 38.1 Å². The molecule has 1 aliphatic heterocycles. The molecule has 1 aliphatic rings. The van der Waals surface area contributed by atoms with E-state index in [0.29, 0.717) is 5.75 Å². The average Bonchev–Trinajstić information content (AvgIpc) is 2.32. The molecule has 0 amide bonds. The lowest BCUT2D eigenvalue weighted by Gasteiger charge is -2.36. The van der Waals surface area contributed by atoms with Crippen molar-refractivity contribution in [3.8, 4) is 0 Å². The van der Waals surface area contributed by atoms with Crippen LogP contribution in [0.3, 0.4) is 0 Å². The summed E-state index contributed by atoms with van der Waals surface area (Å²) in [5.41, 5.74) is 8.46. The molecule has 0 saturated carbocycles. The van der Waals surface area contributed by atoms with Crippen LogP contribution in [0.2, 0.25) is 0 Å². The van der Waals surface area contributed by atoms with E-state index in [1.54, 1.807) is 11.8 Å². The van der Waals surface area contributed by atoms with Crippen molar-refractivity contribution in [3.05, 3.63) is 23.8 Å². The molecule has 1 aromatic rings. The molecule has 2 rings (SSSR count). The summed E-state index contributed by atoms with van der Waals surface area (Å²) >= 11 is 1.69. The molecule has 1 aromatic carbocycles. The normalized spacial score (nSPS) is 21.0. The van der Waals surface area contributed by atoms with Crippen LogP contribution in [0.25, 0.3) is 0 Å². The lowest BCUT2D eigenvalue weighted by molar-refractivity contribution is 0.584. The van der Waals surface area contributed by atoms with E-state index in [2.05, 4.69) is 0 Å². The van der Waals surface area contributed by atoms with Crippen molar-refractivity contribution in [2.45, 2.75) is 12.3 Å². The van der Waals surface area contributed by atoms with Crippen LogP contribution >= 0.6 is 11.8 Å². The second-order valence-electron chi connectivity index (χ2n) is 4.59. The number of anilines is 2. The van der Waals surface area contributed by atoms with E-state index in [-0.39, 0.29) is 0 Å². The van der Waals surface area contributed by atoms with Gasteiger partial charge in [0.05, 0.1) is 0 Å². The molecule has 0 aromatic heterocycles. The molecule has 0 spiro atoms. The Morgan fingerprint density at radius 2 is 2.17 bits per heavy atom. The number of nitrogen functional groups attached to an aromatic ring is 1. The smallest absolute Gasteiger partial charge is 0.169 e. The number of hydrogen-bond donors (Lipinski definition) is 1. The zero-order valence-electron chi connectivity index (χ0n) is 10.6. The number of nitrogens with zero attached hydrogens (tertiary/aromatic N) is 1. The summed E-state index contributed by atoms with van der Waals surface area (Å²) in [6.45, 7) is 2.69. The van der Waals surface area contributed by atoms with Crippen LogP contribution in [-0.2, 0) is 9.84 Å². The van der Waals surface area contributed by atoms with Crippen LogP contribution < -0.4 is 10.6 Å². The van der Waals surface area contributed by atoms with Gasteiger partial charge in [0.1, 0.15) is 5.37 Å². The van der Waals surface area contributed by atoms with Gasteiger partial charge in [0.2, 0.25) is 0 Å². The summed E-state index contributed by atoms with van der Waals surface area (Å²) in [4.78, 5) is 1.97. The highest BCUT2D eigenvalue weighted by Gasteiger charge is 2.31. The van der Waals surface area contributed by atoms with Crippen LogP contribution in [0.15, 0.2) is 18.2 Å². The summed E-state index contributed by atoms with van der Waals surface area (Å²) in [6.07, 6.45) is 1.31. The zero-order chi connectivity index (χ0) is 13.3. The molecule has 6 heteroatoms. The van der Waals surface area contributed by atoms with Crippen LogP contribution in [0.1, 0.15) is 5.56 Å². The Balaban J connectivity index is 2.37. The standard InChI is InChI=1S/C12H18N2O2S2/c1-9-7-10(3-4-11(9)13)14-5-6-17-8-12(14)18(2,15)16/h3-4,7,12H,5-6,8,13H2,1-2H3. The molecule has 0 bridgehead atoms. The molecular weight excluding hydrogens is 268 g/mol. The Bertz CT molecular complexity index is 543. The maximum atomic E-state index is 11.8. The van der Waals surface area contributed by atoms with Gasteiger partial charge in [-0.05, 0) is 30.7 Å². The molecule has 0 radical (unpaired) electrons. The van der Waals surface area contributed by atoms with E-state index in [4.69, 9.17) is 5.73 Å². The Labute approximate surface area is 112 Å². The molecule has 1 atom stereocenters. The van der Waals surface area contributed by atoms with Crippen molar-refractivity contribution in [2.24, 2.45) is 0 Å². The number of sulfone groups is 1. The molecule has 0 aliphatic carbocycles. The minimum absolute atomic E-state index is 0.431. The minimum Gasteiger partial charge on any atom is -0.399 e.